The summed E-state index contributed by atoms with van der Waals surface area (Å²) in [5.41, 5.74) is 7.70. The summed E-state index contributed by atoms with van der Waals surface area (Å²) in [5.74, 6) is 5.75. The van der Waals surface area contributed by atoms with Crippen LogP contribution in [0.25, 0.3) is 11.0 Å². The molecule has 1 aromatic heterocycles. The van der Waals surface area contributed by atoms with Gasteiger partial charge in [-0.15, -0.1) is 0 Å². The molecule has 0 amide bonds. The van der Waals surface area contributed by atoms with Gasteiger partial charge < -0.3 is 23.7 Å². The molecule has 5 aromatic rings. The zero-order valence-electron chi connectivity index (χ0n) is 35.8. The molecule has 0 aliphatic carbocycles. The summed E-state index contributed by atoms with van der Waals surface area (Å²) in [5, 5.41) is 11.2. The fraction of sp³-hybridized carbons (Fsp3) is 0.377. The zero-order valence-corrected chi connectivity index (χ0v) is 35.8. The van der Waals surface area contributed by atoms with Crippen LogP contribution in [0.5, 0.6) is 5.75 Å². The van der Waals surface area contributed by atoms with Gasteiger partial charge in [0, 0.05) is 29.4 Å². The number of rotatable bonds is 7. The highest BCUT2D eigenvalue weighted by molar-refractivity contribution is 5.90. The highest BCUT2D eigenvalue weighted by atomic mass is 16.6. The lowest BCUT2D eigenvalue weighted by atomic mass is 9.82. The van der Waals surface area contributed by atoms with Crippen molar-refractivity contribution < 1.29 is 33.3 Å². The van der Waals surface area contributed by atoms with Crippen molar-refractivity contribution in [2.75, 3.05) is 0 Å². The van der Waals surface area contributed by atoms with E-state index in [-0.39, 0.29) is 35.8 Å². The van der Waals surface area contributed by atoms with Crippen molar-refractivity contribution in [2.24, 2.45) is 5.92 Å². The van der Waals surface area contributed by atoms with Crippen molar-refractivity contribution in [3.05, 3.63) is 157 Å². The molecule has 1 N–H and O–H groups in total. The molecule has 5 bridgehead atoms. The number of allylic oxidation sites excluding steroid dienone is 1. The molecular weight excluding hydrogens is 765 g/mol. The molecule has 0 saturated carbocycles. The first kappa shape index (κ1) is 41.8. The van der Waals surface area contributed by atoms with E-state index in [9.17, 15) is 19.5 Å². The molecule has 0 spiro atoms. The lowest BCUT2D eigenvalue weighted by molar-refractivity contribution is -0.190. The first-order valence-electron chi connectivity index (χ1n) is 21.6. The van der Waals surface area contributed by atoms with Crippen molar-refractivity contribution >= 4 is 22.9 Å². The summed E-state index contributed by atoms with van der Waals surface area (Å²) in [6, 6.07) is 29.1. The van der Waals surface area contributed by atoms with Crippen LogP contribution in [0.4, 0.5) is 0 Å². The normalized spacial score (nSPS) is 21.4. The topological polar surface area (TPSA) is 112 Å². The van der Waals surface area contributed by atoms with Crippen LogP contribution in [0.1, 0.15) is 122 Å². The van der Waals surface area contributed by atoms with Crippen molar-refractivity contribution in [2.45, 2.75) is 123 Å². The fourth-order valence-electron chi connectivity index (χ4n) is 9.40. The van der Waals surface area contributed by atoms with Gasteiger partial charge in [-0.3, -0.25) is 4.79 Å². The molecule has 0 radical (unpaired) electrons. The van der Waals surface area contributed by atoms with Gasteiger partial charge in [-0.2, -0.15) is 0 Å². The SMILES string of the molecule is CC(C)=C1CCc2ccc3c(c2)CC#CC[C@@]2(C)Oc4ccc5c(CO)c(C(C)C)c(=O)oc5c4[C@@H](OC(=O)C[C@@H](CCc4cccc(Cc5ccccc5)c4)C3)[C@@H]2OC1=O. The molecule has 0 fully saturated rings. The Kier molecular flexibility index (Phi) is 12.1. The van der Waals surface area contributed by atoms with E-state index < -0.39 is 42.0 Å². The number of aliphatic hydroxyl groups is 1. The van der Waals surface area contributed by atoms with Crippen LogP contribution < -0.4 is 10.4 Å². The number of benzene rings is 4. The van der Waals surface area contributed by atoms with Gasteiger partial charge in [0.25, 0.3) is 0 Å². The molecule has 4 atom stereocenters. The second-order valence-electron chi connectivity index (χ2n) is 17.7. The van der Waals surface area contributed by atoms with E-state index in [2.05, 4.69) is 78.6 Å². The Morgan fingerprint density at radius 3 is 2.41 bits per heavy atom. The molecule has 8 rings (SSSR count). The first-order valence-corrected chi connectivity index (χ1v) is 21.6. The Morgan fingerprint density at radius 2 is 1.64 bits per heavy atom. The summed E-state index contributed by atoms with van der Waals surface area (Å²) in [4.78, 5) is 42.8. The van der Waals surface area contributed by atoms with Gasteiger partial charge in [0.1, 0.15) is 11.3 Å². The lowest BCUT2D eigenvalue weighted by Crippen LogP contribution is -2.54. The van der Waals surface area contributed by atoms with Crippen LogP contribution in [0.15, 0.2) is 105 Å². The van der Waals surface area contributed by atoms with Crippen LogP contribution in [0, 0.1) is 17.8 Å². The van der Waals surface area contributed by atoms with E-state index in [0.29, 0.717) is 53.5 Å². The second kappa shape index (κ2) is 17.6. The quantitative estimate of drug-likeness (QED) is 0.0748. The smallest absolute Gasteiger partial charge is 0.340 e. The molecular formula is C53H54O8. The first-order chi connectivity index (χ1) is 29.4. The third kappa shape index (κ3) is 8.81. The van der Waals surface area contributed by atoms with Gasteiger partial charge in [0.2, 0.25) is 0 Å². The number of carbonyl (C=O) groups is 2. The van der Waals surface area contributed by atoms with Crippen molar-refractivity contribution in [1.29, 1.82) is 0 Å². The van der Waals surface area contributed by atoms with Crippen LogP contribution in [-0.2, 0) is 57.8 Å². The third-order valence-electron chi connectivity index (χ3n) is 12.6. The van der Waals surface area contributed by atoms with Crippen LogP contribution in [0.2, 0.25) is 0 Å². The van der Waals surface area contributed by atoms with E-state index >= 15 is 0 Å². The monoisotopic (exact) mass is 818 g/mol. The third-order valence-corrected chi connectivity index (χ3v) is 12.6. The summed E-state index contributed by atoms with van der Waals surface area (Å²) in [6.07, 6.45) is 2.37. The number of esters is 2. The minimum absolute atomic E-state index is 0.0912. The molecule has 4 heterocycles. The summed E-state index contributed by atoms with van der Waals surface area (Å²) in [6.45, 7) is 8.95. The Hall–Kier alpha value is -5.91. The van der Waals surface area contributed by atoms with Gasteiger partial charge in [0.05, 0.1) is 18.6 Å². The maximum atomic E-state index is 14.7. The average Bonchev–Trinajstić information content (AvgIpc) is 3.22. The number of hydrogen-bond donors (Lipinski definition) is 1. The van der Waals surface area contributed by atoms with Gasteiger partial charge in [-0.05, 0) is 122 Å². The van der Waals surface area contributed by atoms with Crippen molar-refractivity contribution in [1.82, 2.24) is 0 Å². The molecule has 0 unspecified atom stereocenters. The highest BCUT2D eigenvalue weighted by Crippen LogP contribution is 2.49. The predicted molar refractivity (Wildman–Crippen MR) is 235 cm³/mol. The average molecular weight is 819 g/mol. The molecule has 3 aliphatic heterocycles. The minimum Gasteiger partial charge on any atom is -0.482 e. The van der Waals surface area contributed by atoms with Gasteiger partial charge in [-0.1, -0.05) is 104 Å². The fourth-order valence-corrected chi connectivity index (χ4v) is 9.40. The maximum absolute atomic E-state index is 14.7. The molecule has 4 aromatic carbocycles. The van der Waals surface area contributed by atoms with Crippen molar-refractivity contribution in [3.8, 4) is 17.6 Å². The van der Waals surface area contributed by atoms with E-state index in [1.807, 2.05) is 40.7 Å². The number of aryl methyl sites for hydroxylation is 2. The Morgan fingerprint density at radius 1 is 0.852 bits per heavy atom. The van der Waals surface area contributed by atoms with Crippen LogP contribution in [0.3, 0.4) is 0 Å². The number of carbonyl (C=O) groups excluding carboxylic acids is 2. The van der Waals surface area contributed by atoms with Gasteiger partial charge in [-0.25, -0.2) is 9.59 Å². The molecule has 61 heavy (non-hydrogen) atoms. The van der Waals surface area contributed by atoms with Gasteiger partial charge >= 0.3 is 17.6 Å². The summed E-state index contributed by atoms with van der Waals surface area (Å²) >= 11 is 0. The molecule has 3 aliphatic rings. The minimum atomic E-state index is -1.28. The van der Waals surface area contributed by atoms with Crippen molar-refractivity contribution in [3.63, 3.8) is 0 Å². The molecule has 314 valence electrons. The van der Waals surface area contributed by atoms with E-state index in [0.717, 1.165) is 41.5 Å². The van der Waals surface area contributed by atoms with Crippen LogP contribution >= 0.6 is 0 Å². The largest absolute Gasteiger partial charge is 0.482 e. The predicted octanol–water partition coefficient (Wildman–Crippen LogP) is 9.76. The Balaban J connectivity index is 1.25. The van der Waals surface area contributed by atoms with Crippen LogP contribution in [-0.4, -0.2) is 28.8 Å². The zero-order chi connectivity index (χ0) is 42.8. The van der Waals surface area contributed by atoms with E-state index in [1.165, 1.54) is 16.7 Å². The number of ether oxygens (including phenoxy) is 3. The lowest BCUT2D eigenvalue weighted by Gasteiger charge is -2.44. The Labute approximate surface area is 357 Å². The maximum Gasteiger partial charge on any atom is 0.340 e. The Bertz CT molecular complexity index is 2640. The summed E-state index contributed by atoms with van der Waals surface area (Å²) < 4.78 is 26.1. The van der Waals surface area contributed by atoms with E-state index in [4.69, 9.17) is 18.6 Å². The highest BCUT2D eigenvalue weighted by Gasteiger charge is 2.53. The number of aliphatic hydroxyl groups excluding tert-OH is 1. The molecule has 0 saturated heterocycles. The standard InChI is InChI=1S/C53H54O8/c1-32(2)41-22-20-36-19-21-40-29-38(18-17-35-14-11-15-37(27-35)26-34-12-7-6-8-13-34)30-45(55)58-49-47-44(24-23-42-43(31-54)46(33(3)4)52(57)59-48(42)47)61-53(5,50(49)60-51(41)56)25-10-9-16-39(40)28-36/h6-8,11-15,19,21,23-24,27-28,33,38,49-50,54H,16-18,20,22,25-26,29-31H2,1-5H3/t38-,49+,50-,53+/m0/s1. The summed E-state index contributed by atoms with van der Waals surface area (Å²) in [7, 11) is 0. The second-order valence-corrected chi connectivity index (χ2v) is 17.7. The van der Waals surface area contributed by atoms with Gasteiger partial charge in [0.15, 0.2) is 17.8 Å². The molecule has 8 nitrogen and oxygen atoms in total. The van der Waals surface area contributed by atoms with E-state index in [1.54, 1.807) is 12.1 Å². The number of fused-ring (bicyclic) bond motifs is 7. The molecule has 8 heteroatoms. The number of hydrogen-bond acceptors (Lipinski definition) is 8.